The van der Waals surface area contributed by atoms with Crippen LogP contribution in [-0.4, -0.2) is 45.3 Å². The number of rotatable bonds is 5. The molecule has 0 N–H and O–H groups in total. The van der Waals surface area contributed by atoms with E-state index in [1.165, 1.54) is 47.6 Å². The van der Waals surface area contributed by atoms with Gasteiger partial charge in [0.05, 0.1) is 18.7 Å². The molecule has 0 saturated carbocycles. The topological polar surface area (TPSA) is 77.4 Å². The fraction of sp³-hybridized carbons (Fsp3) is 0.185. The molecular weight excluding hydrogens is 542 g/mol. The van der Waals surface area contributed by atoms with Gasteiger partial charge in [0.25, 0.3) is 5.91 Å². The van der Waals surface area contributed by atoms with Crippen molar-refractivity contribution >= 4 is 5.91 Å². The number of pyridine rings is 1. The average molecular weight is 560 g/mol. The highest BCUT2D eigenvalue weighted by molar-refractivity contribution is 5.98. The summed E-state index contributed by atoms with van der Waals surface area (Å²) >= 11 is 0. The van der Waals surface area contributed by atoms with Gasteiger partial charge >= 0.3 is 12.5 Å². The van der Waals surface area contributed by atoms with Crippen LogP contribution in [0.25, 0.3) is 22.3 Å². The molecule has 0 aliphatic carbocycles. The Bertz CT molecular complexity index is 1510. The molecule has 0 spiro atoms. The van der Waals surface area contributed by atoms with Crippen molar-refractivity contribution in [3.05, 3.63) is 90.3 Å². The van der Waals surface area contributed by atoms with Gasteiger partial charge < -0.3 is 14.4 Å². The van der Waals surface area contributed by atoms with Gasteiger partial charge in [-0.25, -0.2) is 9.97 Å². The van der Waals surface area contributed by atoms with Crippen molar-refractivity contribution in [1.29, 1.82) is 0 Å². The molecule has 0 fully saturated rings. The molecule has 1 aliphatic heterocycles. The maximum atomic E-state index is 13.4. The van der Waals surface area contributed by atoms with E-state index in [0.29, 0.717) is 33.8 Å². The number of carbonyl (C=O) groups excluding carboxylic acids is 1. The van der Waals surface area contributed by atoms with Gasteiger partial charge in [-0.3, -0.25) is 9.78 Å². The van der Waals surface area contributed by atoms with Crippen LogP contribution in [0.15, 0.2) is 73.2 Å². The Morgan fingerprint density at radius 1 is 0.800 bits per heavy atom. The van der Waals surface area contributed by atoms with Crippen molar-refractivity contribution in [2.45, 2.75) is 19.1 Å². The number of halogens is 6. The number of nitrogens with zero attached hydrogens (tertiary/aromatic N) is 4. The van der Waals surface area contributed by atoms with Crippen molar-refractivity contribution in [3.8, 4) is 33.8 Å². The van der Waals surface area contributed by atoms with Gasteiger partial charge in [0.15, 0.2) is 0 Å². The van der Waals surface area contributed by atoms with Gasteiger partial charge in [0.1, 0.15) is 29.6 Å². The fourth-order valence-corrected chi connectivity index (χ4v) is 4.03. The lowest BCUT2D eigenvalue weighted by Gasteiger charge is -2.19. The monoisotopic (exact) mass is 560 g/mol. The van der Waals surface area contributed by atoms with Crippen LogP contribution in [0.5, 0.6) is 11.5 Å². The van der Waals surface area contributed by atoms with Crippen LogP contribution >= 0.6 is 0 Å². The smallest absolute Gasteiger partial charge is 0.491 e. The van der Waals surface area contributed by atoms with Gasteiger partial charge in [-0.05, 0) is 41.5 Å². The van der Waals surface area contributed by atoms with E-state index in [1.54, 1.807) is 18.2 Å². The third-order valence-corrected chi connectivity index (χ3v) is 5.96. The van der Waals surface area contributed by atoms with E-state index in [-0.39, 0.29) is 36.9 Å². The first-order valence-electron chi connectivity index (χ1n) is 11.7. The highest BCUT2D eigenvalue weighted by Crippen LogP contribution is 2.32. The normalized spacial score (nSPS) is 13.8. The quantitative estimate of drug-likeness (QED) is 0.272. The van der Waals surface area contributed by atoms with Crippen molar-refractivity contribution in [2.24, 2.45) is 0 Å². The Morgan fingerprint density at radius 2 is 1.45 bits per heavy atom. The summed E-state index contributed by atoms with van der Waals surface area (Å²) in [6.07, 6.45) is -5.39. The molecule has 5 rings (SSSR count). The number of alkyl halides is 6. The highest BCUT2D eigenvalue weighted by atomic mass is 19.4. The molecule has 3 heterocycles. The summed E-state index contributed by atoms with van der Waals surface area (Å²) < 4.78 is 85.2. The molecule has 2 aromatic heterocycles. The molecule has 0 bridgehead atoms. The largest absolute Gasteiger partial charge is 0.573 e. The number of ether oxygens (including phenoxy) is 2. The zero-order chi connectivity index (χ0) is 28.5. The van der Waals surface area contributed by atoms with Crippen LogP contribution in [0.1, 0.15) is 21.9 Å². The van der Waals surface area contributed by atoms with Crippen molar-refractivity contribution in [2.75, 3.05) is 13.2 Å². The van der Waals surface area contributed by atoms with E-state index < -0.39 is 18.2 Å². The molecule has 2 aromatic carbocycles. The van der Waals surface area contributed by atoms with E-state index in [2.05, 4.69) is 19.7 Å². The van der Waals surface area contributed by atoms with Gasteiger partial charge in [-0.15, -0.1) is 13.2 Å². The summed E-state index contributed by atoms with van der Waals surface area (Å²) in [4.78, 5) is 26.8. The number of fused-ring (bicyclic) bond motifs is 1. The van der Waals surface area contributed by atoms with Gasteiger partial charge in [-0.1, -0.05) is 24.3 Å². The number of amides is 1. The van der Waals surface area contributed by atoms with Crippen molar-refractivity contribution < 1.29 is 40.6 Å². The van der Waals surface area contributed by atoms with E-state index >= 15 is 0 Å². The van der Waals surface area contributed by atoms with Crippen LogP contribution < -0.4 is 9.47 Å². The van der Waals surface area contributed by atoms with Crippen LogP contribution in [0, 0.1) is 0 Å². The molecule has 0 unspecified atom stereocenters. The maximum absolute atomic E-state index is 13.4. The molecule has 4 aromatic rings. The second-order valence-electron chi connectivity index (χ2n) is 8.68. The number of benzene rings is 2. The number of carbonyl (C=O) groups is 1. The molecule has 206 valence electrons. The molecule has 1 amide bonds. The summed E-state index contributed by atoms with van der Waals surface area (Å²) in [7, 11) is 0. The minimum atomic E-state index is -4.80. The number of aromatic nitrogens is 3. The summed E-state index contributed by atoms with van der Waals surface area (Å²) in [5, 5.41) is 0. The van der Waals surface area contributed by atoms with Crippen LogP contribution in [0.3, 0.4) is 0 Å². The van der Waals surface area contributed by atoms with Gasteiger partial charge in [0, 0.05) is 29.7 Å². The van der Waals surface area contributed by atoms with E-state index in [9.17, 15) is 31.1 Å². The lowest BCUT2D eigenvalue weighted by Crippen LogP contribution is -2.32. The number of hydrogen-bond donors (Lipinski definition) is 0. The van der Waals surface area contributed by atoms with E-state index in [0.717, 1.165) is 12.3 Å². The minimum absolute atomic E-state index is 0.0425. The third-order valence-electron chi connectivity index (χ3n) is 5.96. The predicted molar refractivity (Wildman–Crippen MR) is 129 cm³/mol. The summed E-state index contributed by atoms with van der Waals surface area (Å²) in [6.45, 7) is 0.484. The third kappa shape index (κ3) is 6.14. The Kier molecular flexibility index (Phi) is 7.04. The van der Waals surface area contributed by atoms with Crippen molar-refractivity contribution in [1.82, 2.24) is 19.9 Å². The molecule has 1 aliphatic rings. The molecule has 13 heteroatoms. The van der Waals surface area contributed by atoms with Gasteiger partial charge in [-0.2, -0.15) is 13.2 Å². The first-order chi connectivity index (χ1) is 19.0. The van der Waals surface area contributed by atoms with E-state index in [1.807, 2.05) is 0 Å². The zero-order valence-corrected chi connectivity index (χ0v) is 20.3. The molecule has 0 saturated heterocycles. The Morgan fingerprint density at radius 3 is 2.08 bits per heavy atom. The summed E-state index contributed by atoms with van der Waals surface area (Å²) in [5.41, 5.74) is 1.26. The molecule has 0 atom stereocenters. The van der Waals surface area contributed by atoms with Crippen LogP contribution in [-0.2, 0) is 12.7 Å². The second kappa shape index (κ2) is 10.5. The second-order valence-corrected chi connectivity index (χ2v) is 8.68. The summed E-state index contributed by atoms with van der Waals surface area (Å²) in [5.74, 6) is -0.0561. The first kappa shape index (κ1) is 26.9. The molecule has 40 heavy (non-hydrogen) atoms. The lowest BCUT2D eigenvalue weighted by atomic mass is 10.0. The first-order valence-corrected chi connectivity index (χ1v) is 11.7. The summed E-state index contributed by atoms with van der Waals surface area (Å²) in [6, 6.07) is 12.3. The standard InChI is InChI=1S/C27H18F6N4O3/c28-26(29,30)23-8-4-18(12-34-23)19-13-35-24(36-14-19)15-37-9-10-39-22-7-3-17(11-21(22)25(37)38)16-1-5-20(6-2-16)40-27(31,32)33/h1-8,11-14H,9-10,15H2. The molecular formula is C27H18F6N4O3. The van der Waals surface area contributed by atoms with E-state index in [4.69, 9.17) is 4.74 Å². The predicted octanol–water partition coefficient (Wildman–Crippen LogP) is 6.16. The Balaban J connectivity index is 1.31. The van der Waals surface area contributed by atoms with Crippen LogP contribution in [0.2, 0.25) is 0 Å². The minimum Gasteiger partial charge on any atom is -0.491 e. The fourth-order valence-electron chi connectivity index (χ4n) is 4.03. The number of hydrogen-bond acceptors (Lipinski definition) is 6. The van der Waals surface area contributed by atoms with Crippen LogP contribution in [0.4, 0.5) is 26.3 Å². The SMILES string of the molecule is O=C1c2cc(-c3ccc(OC(F)(F)F)cc3)ccc2OCCN1Cc1ncc(-c2ccc(C(F)(F)F)nc2)cn1. The Hall–Kier alpha value is -4.68. The molecule has 7 nitrogen and oxygen atoms in total. The highest BCUT2D eigenvalue weighted by Gasteiger charge is 2.32. The van der Waals surface area contributed by atoms with Crippen molar-refractivity contribution in [3.63, 3.8) is 0 Å². The Labute approximate surface area is 223 Å². The van der Waals surface area contributed by atoms with Gasteiger partial charge in [0.2, 0.25) is 0 Å². The average Bonchev–Trinajstić information content (AvgIpc) is 3.06. The lowest BCUT2D eigenvalue weighted by molar-refractivity contribution is -0.274. The maximum Gasteiger partial charge on any atom is 0.573 e. The molecule has 0 radical (unpaired) electrons. The zero-order valence-electron chi connectivity index (χ0n) is 20.3.